The molecule has 0 aromatic heterocycles. The molecule has 0 spiro atoms. The quantitative estimate of drug-likeness (QED) is 0.821. The van der Waals surface area contributed by atoms with Gasteiger partial charge in [0.2, 0.25) is 17.7 Å². The Balaban J connectivity index is 1.95. The molecule has 0 saturated carbocycles. The zero-order valence-electron chi connectivity index (χ0n) is 14.0. The van der Waals surface area contributed by atoms with E-state index in [4.69, 9.17) is 4.74 Å². The number of carbonyl (C=O) groups is 3. The molecule has 0 bridgehead atoms. The van der Waals surface area contributed by atoms with Crippen LogP contribution >= 0.6 is 0 Å². The number of benzene rings is 1. The van der Waals surface area contributed by atoms with Crippen LogP contribution < -0.4 is 15.5 Å². The van der Waals surface area contributed by atoms with Crippen molar-refractivity contribution >= 4 is 29.1 Å². The molecule has 2 N–H and O–H groups in total. The van der Waals surface area contributed by atoms with E-state index in [9.17, 15) is 14.4 Å². The standard InChI is InChI=1S/C17H23N3O4/c1-12(21)19-14-5-3-6-15(11-14)20(13(2)22)9-8-18-17(23)16-7-4-10-24-16/h3,5-6,11,16H,4,7-10H2,1-2H3,(H,18,23)(H,19,21). The normalized spacial score (nSPS) is 16.5. The molecule has 1 unspecified atom stereocenters. The number of ether oxygens (including phenoxy) is 1. The molecule has 3 amide bonds. The van der Waals surface area contributed by atoms with Gasteiger partial charge in [-0.1, -0.05) is 6.07 Å². The molecule has 130 valence electrons. The van der Waals surface area contributed by atoms with Crippen molar-refractivity contribution in [2.75, 3.05) is 29.9 Å². The van der Waals surface area contributed by atoms with Crippen LogP contribution in [-0.4, -0.2) is 43.5 Å². The molecule has 1 aromatic carbocycles. The average molecular weight is 333 g/mol. The molecular weight excluding hydrogens is 310 g/mol. The summed E-state index contributed by atoms with van der Waals surface area (Å²) >= 11 is 0. The third-order valence-corrected chi connectivity index (χ3v) is 3.72. The minimum Gasteiger partial charge on any atom is -0.368 e. The van der Waals surface area contributed by atoms with Crippen LogP contribution in [0.2, 0.25) is 0 Å². The van der Waals surface area contributed by atoms with E-state index in [-0.39, 0.29) is 23.8 Å². The lowest BCUT2D eigenvalue weighted by atomic mass is 10.2. The number of nitrogens with one attached hydrogen (secondary N) is 2. The summed E-state index contributed by atoms with van der Waals surface area (Å²) in [7, 11) is 0. The van der Waals surface area contributed by atoms with Crippen molar-refractivity contribution in [1.82, 2.24) is 5.32 Å². The minimum absolute atomic E-state index is 0.136. The average Bonchev–Trinajstić information content (AvgIpc) is 3.05. The van der Waals surface area contributed by atoms with E-state index in [0.717, 1.165) is 12.8 Å². The first kappa shape index (κ1) is 17.9. The lowest BCUT2D eigenvalue weighted by Gasteiger charge is -2.22. The molecule has 1 saturated heterocycles. The fraction of sp³-hybridized carbons (Fsp3) is 0.471. The van der Waals surface area contributed by atoms with Gasteiger partial charge < -0.3 is 20.3 Å². The molecule has 7 heteroatoms. The lowest BCUT2D eigenvalue weighted by Crippen LogP contribution is -2.41. The predicted octanol–water partition coefficient (Wildman–Crippen LogP) is 1.29. The summed E-state index contributed by atoms with van der Waals surface area (Å²) in [5.41, 5.74) is 1.29. The third kappa shape index (κ3) is 5.06. The van der Waals surface area contributed by atoms with Gasteiger partial charge in [-0.25, -0.2) is 0 Å². The van der Waals surface area contributed by atoms with Crippen molar-refractivity contribution in [2.45, 2.75) is 32.8 Å². The Kier molecular flexibility index (Phi) is 6.31. The summed E-state index contributed by atoms with van der Waals surface area (Å²) < 4.78 is 5.32. The van der Waals surface area contributed by atoms with Crippen LogP contribution in [0.4, 0.5) is 11.4 Å². The summed E-state index contributed by atoms with van der Waals surface area (Å²) in [5, 5.41) is 5.49. The van der Waals surface area contributed by atoms with Crippen molar-refractivity contribution in [3.63, 3.8) is 0 Å². The zero-order valence-corrected chi connectivity index (χ0v) is 14.0. The van der Waals surface area contributed by atoms with E-state index in [0.29, 0.717) is 31.1 Å². The third-order valence-electron chi connectivity index (χ3n) is 3.72. The van der Waals surface area contributed by atoms with Gasteiger partial charge in [-0.05, 0) is 31.0 Å². The topological polar surface area (TPSA) is 87.7 Å². The van der Waals surface area contributed by atoms with E-state index < -0.39 is 0 Å². The Bertz CT molecular complexity index is 612. The van der Waals surface area contributed by atoms with Crippen LogP contribution in [0.3, 0.4) is 0 Å². The van der Waals surface area contributed by atoms with E-state index in [1.54, 1.807) is 29.2 Å². The predicted molar refractivity (Wildman–Crippen MR) is 90.8 cm³/mol. The van der Waals surface area contributed by atoms with Crippen LogP contribution in [0.5, 0.6) is 0 Å². The Morgan fingerprint density at radius 1 is 1.29 bits per heavy atom. The molecule has 1 aliphatic heterocycles. The van der Waals surface area contributed by atoms with E-state index >= 15 is 0 Å². The smallest absolute Gasteiger partial charge is 0.249 e. The minimum atomic E-state index is -0.376. The Hall–Kier alpha value is -2.41. The Morgan fingerprint density at radius 2 is 2.08 bits per heavy atom. The van der Waals surface area contributed by atoms with Gasteiger partial charge in [-0.2, -0.15) is 0 Å². The number of nitrogens with zero attached hydrogens (tertiary/aromatic N) is 1. The molecule has 1 atom stereocenters. The molecule has 1 aliphatic rings. The zero-order chi connectivity index (χ0) is 17.5. The second kappa shape index (κ2) is 8.44. The molecule has 7 nitrogen and oxygen atoms in total. The van der Waals surface area contributed by atoms with Crippen molar-refractivity contribution in [1.29, 1.82) is 0 Å². The lowest BCUT2D eigenvalue weighted by molar-refractivity contribution is -0.130. The van der Waals surface area contributed by atoms with Gasteiger partial charge in [0.15, 0.2) is 0 Å². The first-order valence-corrected chi connectivity index (χ1v) is 8.02. The molecule has 0 radical (unpaired) electrons. The summed E-state index contributed by atoms with van der Waals surface area (Å²) in [6.07, 6.45) is 1.26. The van der Waals surface area contributed by atoms with E-state index in [1.165, 1.54) is 13.8 Å². The molecule has 0 aliphatic carbocycles. The van der Waals surface area contributed by atoms with Gasteiger partial charge in [-0.3, -0.25) is 14.4 Å². The summed E-state index contributed by atoms with van der Waals surface area (Å²) in [6, 6.07) is 7.03. The summed E-state index contributed by atoms with van der Waals surface area (Å²) in [4.78, 5) is 36.5. The van der Waals surface area contributed by atoms with Crippen LogP contribution in [0.1, 0.15) is 26.7 Å². The second-order valence-electron chi connectivity index (χ2n) is 5.69. The molecule has 24 heavy (non-hydrogen) atoms. The Morgan fingerprint density at radius 3 is 2.71 bits per heavy atom. The van der Waals surface area contributed by atoms with Crippen LogP contribution in [-0.2, 0) is 19.1 Å². The largest absolute Gasteiger partial charge is 0.368 e. The molecule has 1 heterocycles. The molecule has 1 aromatic rings. The number of anilines is 2. The fourth-order valence-electron chi connectivity index (χ4n) is 2.61. The maximum atomic E-state index is 11.9. The molecule has 2 rings (SSSR count). The van der Waals surface area contributed by atoms with E-state index in [1.807, 2.05) is 0 Å². The first-order valence-electron chi connectivity index (χ1n) is 8.02. The van der Waals surface area contributed by atoms with Crippen molar-refractivity contribution < 1.29 is 19.1 Å². The number of carbonyl (C=O) groups excluding carboxylic acids is 3. The highest BCUT2D eigenvalue weighted by molar-refractivity contribution is 5.94. The summed E-state index contributed by atoms with van der Waals surface area (Å²) in [6.45, 7) is 4.19. The number of hydrogen-bond acceptors (Lipinski definition) is 4. The second-order valence-corrected chi connectivity index (χ2v) is 5.69. The summed E-state index contributed by atoms with van der Waals surface area (Å²) in [5.74, 6) is -0.449. The highest BCUT2D eigenvalue weighted by atomic mass is 16.5. The van der Waals surface area contributed by atoms with Gasteiger partial charge in [-0.15, -0.1) is 0 Å². The van der Waals surface area contributed by atoms with Gasteiger partial charge in [0.1, 0.15) is 6.10 Å². The Labute approximate surface area is 141 Å². The maximum absolute atomic E-state index is 11.9. The number of hydrogen-bond donors (Lipinski definition) is 2. The SMILES string of the molecule is CC(=O)Nc1cccc(N(CCNC(=O)C2CCCO2)C(C)=O)c1. The monoisotopic (exact) mass is 333 g/mol. The van der Waals surface area contributed by atoms with Gasteiger partial charge in [0, 0.05) is 44.9 Å². The first-order chi connectivity index (χ1) is 11.5. The van der Waals surface area contributed by atoms with Crippen LogP contribution in [0, 0.1) is 0 Å². The van der Waals surface area contributed by atoms with Gasteiger partial charge in [0.25, 0.3) is 0 Å². The van der Waals surface area contributed by atoms with Crippen molar-refractivity contribution in [3.8, 4) is 0 Å². The highest BCUT2D eigenvalue weighted by Gasteiger charge is 2.23. The molecular formula is C17H23N3O4. The van der Waals surface area contributed by atoms with Crippen LogP contribution in [0.25, 0.3) is 0 Å². The van der Waals surface area contributed by atoms with Gasteiger partial charge >= 0.3 is 0 Å². The fourth-order valence-corrected chi connectivity index (χ4v) is 2.61. The number of rotatable bonds is 6. The van der Waals surface area contributed by atoms with Crippen molar-refractivity contribution in [3.05, 3.63) is 24.3 Å². The maximum Gasteiger partial charge on any atom is 0.249 e. The highest BCUT2D eigenvalue weighted by Crippen LogP contribution is 2.19. The van der Waals surface area contributed by atoms with Crippen molar-refractivity contribution in [2.24, 2.45) is 0 Å². The molecule has 1 fully saturated rings. The van der Waals surface area contributed by atoms with Gasteiger partial charge in [0.05, 0.1) is 0 Å². The van der Waals surface area contributed by atoms with Crippen LogP contribution in [0.15, 0.2) is 24.3 Å². The number of amides is 3. The van der Waals surface area contributed by atoms with E-state index in [2.05, 4.69) is 10.6 Å².